The highest BCUT2D eigenvalue weighted by molar-refractivity contribution is 5.89. The van der Waals surface area contributed by atoms with Crippen LogP contribution in [0.15, 0.2) is 30.3 Å². The van der Waals surface area contributed by atoms with Gasteiger partial charge < -0.3 is 20.7 Å². The van der Waals surface area contributed by atoms with E-state index in [4.69, 9.17) is 0 Å². The highest BCUT2D eigenvalue weighted by atomic mass is 16.2. The predicted octanol–water partition coefficient (Wildman–Crippen LogP) is 2.31. The molecule has 7 heteroatoms. The summed E-state index contributed by atoms with van der Waals surface area (Å²) in [5.41, 5.74) is 0.854. The Morgan fingerprint density at radius 2 is 1.87 bits per heavy atom. The fourth-order valence-electron chi connectivity index (χ4n) is 3.86. The Morgan fingerprint density at radius 1 is 1.19 bits per heavy atom. The van der Waals surface area contributed by atoms with Crippen LogP contribution < -0.4 is 16.0 Å². The number of rotatable bonds is 10. The number of carbonyl (C=O) groups is 4. The Balaban J connectivity index is 2.00. The maximum absolute atomic E-state index is 13.0. The molecule has 1 saturated heterocycles. The lowest BCUT2D eigenvalue weighted by Gasteiger charge is -2.28. The van der Waals surface area contributed by atoms with E-state index in [0.29, 0.717) is 25.7 Å². The lowest BCUT2D eigenvalue weighted by Crippen LogP contribution is -2.52. The molecule has 3 N–H and O–H groups in total. The molecule has 1 aliphatic rings. The van der Waals surface area contributed by atoms with Crippen LogP contribution >= 0.6 is 0 Å². The highest BCUT2D eigenvalue weighted by Gasteiger charge is 2.31. The molecule has 4 atom stereocenters. The van der Waals surface area contributed by atoms with Crippen molar-refractivity contribution in [3.63, 3.8) is 0 Å². The quantitative estimate of drug-likeness (QED) is 0.497. The van der Waals surface area contributed by atoms with E-state index in [1.807, 2.05) is 58.0 Å². The first-order valence-corrected chi connectivity index (χ1v) is 11.0. The van der Waals surface area contributed by atoms with Gasteiger partial charge in [0.25, 0.3) is 0 Å². The lowest BCUT2D eigenvalue weighted by atomic mass is 9.87. The standard InChI is InChI=1S/C24H35N3O4/c1-16(17-8-6-5-7-9-17)12-21(29)27-20(14-24(2,3)4)23(31)26-19(15-28)13-18-10-11-25-22(18)30/h5-9,15-16,18-20H,10-14H2,1-4H3,(H,25,30)(H,26,31)(H,27,29)/t16-,18-,19?,20-/m0/s1. The number of hydrogen-bond donors (Lipinski definition) is 3. The minimum absolute atomic E-state index is 0.0168. The molecular formula is C24H35N3O4. The third-order valence-corrected chi connectivity index (χ3v) is 5.52. The first-order valence-electron chi connectivity index (χ1n) is 11.0. The molecule has 1 heterocycles. The predicted molar refractivity (Wildman–Crippen MR) is 119 cm³/mol. The van der Waals surface area contributed by atoms with Crippen molar-refractivity contribution in [1.82, 2.24) is 16.0 Å². The summed E-state index contributed by atoms with van der Waals surface area (Å²) in [5, 5.41) is 8.32. The van der Waals surface area contributed by atoms with E-state index in [2.05, 4.69) is 16.0 Å². The van der Waals surface area contributed by atoms with Gasteiger partial charge in [0.15, 0.2) is 0 Å². The van der Waals surface area contributed by atoms with Crippen LogP contribution in [0.5, 0.6) is 0 Å². The van der Waals surface area contributed by atoms with Crippen molar-refractivity contribution in [3.8, 4) is 0 Å². The summed E-state index contributed by atoms with van der Waals surface area (Å²) >= 11 is 0. The number of aldehydes is 1. The Kier molecular flexibility index (Phi) is 8.77. The summed E-state index contributed by atoms with van der Waals surface area (Å²) in [6, 6.07) is 8.24. The largest absolute Gasteiger partial charge is 0.356 e. The summed E-state index contributed by atoms with van der Waals surface area (Å²) in [6.45, 7) is 8.54. The summed E-state index contributed by atoms with van der Waals surface area (Å²) in [6.07, 6.45) is 2.27. The van der Waals surface area contributed by atoms with Crippen molar-refractivity contribution < 1.29 is 19.2 Å². The molecular weight excluding hydrogens is 394 g/mol. The lowest BCUT2D eigenvalue weighted by molar-refractivity contribution is -0.131. The molecule has 1 unspecified atom stereocenters. The van der Waals surface area contributed by atoms with Crippen molar-refractivity contribution in [2.24, 2.45) is 11.3 Å². The summed E-state index contributed by atoms with van der Waals surface area (Å²) in [5.74, 6) is -0.957. The van der Waals surface area contributed by atoms with E-state index in [-0.39, 0.29) is 41.9 Å². The average Bonchev–Trinajstić information content (AvgIpc) is 3.10. The third kappa shape index (κ3) is 8.15. The summed E-state index contributed by atoms with van der Waals surface area (Å²) in [7, 11) is 0. The normalized spacial score (nSPS) is 19.1. The molecule has 0 radical (unpaired) electrons. The van der Waals surface area contributed by atoms with Crippen LogP contribution in [-0.4, -0.2) is 42.6 Å². The van der Waals surface area contributed by atoms with E-state index in [0.717, 1.165) is 5.56 Å². The zero-order valence-electron chi connectivity index (χ0n) is 18.9. The molecule has 0 aromatic heterocycles. The fourth-order valence-corrected chi connectivity index (χ4v) is 3.86. The van der Waals surface area contributed by atoms with E-state index in [1.165, 1.54) is 0 Å². The van der Waals surface area contributed by atoms with E-state index >= 15 is 0 Å². The summed E-state index contributed by atoms with van der Waals surface area (Å²) in [4.78, 5) is 49.0. The van der Waals surface area contributed by atoms with E-state index in [9.17, 15) is 19.2 Å². The van der Waals surface area contributed by atoms with Gasteiger partial charge in [0.1, 0.15) is 12.3 Å². The molecule has 0 aliphatic carbocycles. The molecule has 1 aromatic carbocycles. The van der Waals surface area contributed by atoms with Crippen molar-refractivity contribution in [3.05, 3.63) is 35.9 Å². The van der Waals surface area contributed by atoms with Gasteiger partial charge in [-0.25, -0.2) is 0 Å². The zero-order chi connectivity index (χ0) is 23.0. The number of amides is 3. The molecule has 0 spiro atoms. The average molecular weight is 430 g/mol. The SMILES string of the molecule is C[C@@H](CC(=O)N[C@@H](CC(C)(C)C)C(=O)NC(C=O)C[C@@H]1CCNC1=O)c1ccccc1. The molecule has 3 amide bonds. The summed E-state index contributed by atoms with van der Waals surface area (Å²) < 4.78 is 0. The molecule has 0 saturated carbocycles. The topological polar surface area (TPSA) is 104 Å². The first-order chi connectivity index (χ1) is 14.6. The van der Waals surface area contributed by atoms with Gasteiger partial charge >= 0.3 is 0 Å². The molecule has 7 nitrogen and oxygen atoms in total. The van der Waals surface area contributed by atoms with Crippen LogP contribution in [0.1, 0.15) is 64.9 Å². The zero-order valence-corrected chi connectivity index (χ0v) is 18.9. The minimum Gasteiger partial charge on any atom is -0.356 e. The van der Waals surface area contributed by atoms with Gasteiger partial charge in [-0.15, -0.1) is 0 Å². The number of benzene rings is 1. The molecule has 0 bridgehead atoms. The van der Waals surface area contributed by atoms with Crippen molar-refractivity contribution >= 4 is 24.0 Å². The second-order valence-corrected chi connectivity index (χ2v) is 9.66. The van der Waals surface area contributed by atoms with Gasteiger partial charge in [0, 0.05) is 18.9 Å². The second-order valence-electron chi connectivity index (χ2n) is 9.66. The Hall–Kier alpha value is -2.70. The van der Waals surface area contributed by atoms with Crippen LogP contribution in [0, 0.1) is 11.3 Å². The molecule has 1 aromatic rings. The van der Waals surface area contributed by atoms with Crippen LogP contribution in [0.4, 0.5) is 0 Å². The van der Waals surface area contributed by atoms with Crippen LogP contribution in [0.25, 0.3) is 0 Å². The smallest absolute Gasteiger partial charge is 0.243 e. The van der Waals surface area contributed by atoms with Crippen molar-refractivity contribution in [2.45, 2.75) is 71.4 Å². The third-order valence-electron chi connectivity index (χ3n) is 5.52. The Bertz CT molecular complexity index is 773. The van der Waals surface area contributed by atoms with Crippen LogP contribution in [0.2, 0.25) is 0 Å². The number of hydrogen-bond acceptors (Lipinski definition) is 4. The number of carbonyl (C=O) groups excluding carboxylic acids is 4. The van der Waals surface area contributed by atoms with E-state index in [1.54, 1.807) is 0 Å². The molecule has 31 heavy (non-hydrogen) atoms. The maximum atomic E-state index is 13.0. The van der Waals surface area contributed by atoms with Gasteiger partial charge in [-0.1, -0.05) is 58.0 Å². The van der Waals surface area contributed by atoms with Crippen molar-refractivity contribution in [1.29, 1.82) is 0 Å². The monoisotopic (exact) mass is 429 g/mol. The molecule has 1 fully saturated rings. The van der Waals surface area contributed by atoms with Crippen LogP contribution in [-0.2, 0) is 19.2 Å². The van der Waals surface area contributed by atoms with Gasteiger partial charge in [0.2, 0.25) is 17.7 Å². The molecule has 2 rings (SSSR count). The second kappa shape index (κ2) is 11.1. The van der Waals surface area contributed by atoms with Gasteiger partial charge in [-0.05, 0) is 36.2 Å². The van der Waals surface area contributed by atoms with Gasteiger partial charge in [-0.3, -0.25) is 14.4 Å². The van der Waals surface area contributed by atoms with Gasteiger partial charge in [-0.2, -0.15) is 0 Å². The van der Waals surface area contributed by atoms with Gasteiger partial charge in [0.05, 0.1) is 6.04 Å². The van der Waals surface area contributed by atoms with Crippen molar-refractivity contribution in [2.75, 3.05) is 6.54 Å². The van der Waals surface area contributed by atoms with E-state index < -0.39 is 18.0 Å². The first kappa shape index (κ1) is 24.6. The molecule has 170 valence electrons. The van der Waals surface area contributed by atoms with Crippen LogP contribution in [0.3, 0.4) is 0 Å². The Morgan fingerprint density at radius 3 is 2.42 bits per heavy atom. The highest BCUT2D eigenvalue weighted by Crippen LogP contribution is 2.23. The maximum Gasteiger partial charge on any atom is 0.243 e. The Labute approximate surface area is 184 Å². The molecule has 1 aliphatic heterocycles. The fraction of sp³-hybridized carbons (Fsp3) is 0.583. The number of nitrogens with one attached hydrogen (secondary N) is 3. The minimum atomic E-state index is -0.760.